The molecule has 0 saturated heterocycles. The van der Waals surface area contributed by atoms with Crippen LogP contribution in [0.5, 0.6) is 0 Å². The largest absolute Gasteiger partial charge is 0.341 e. The third-order valence-corrected chi connectivity index (χ3v) is 2.44. The highest BCUT2D eigenvalue weighted by atomic mass is 15.2. The number of aromatic nitrogens is 2. The van der Waals surface area contributed by atoms with Gasteiger partial charge in [0.05, 0.1) is 5.69 Å². The van der Waals surface area contributed by atoms with Gasteiger partial charge in [0.25, 0.3) is 0 Å². The van der Waals surface area contributed by atoms with Crippen LogP contribution in [0.1, 0.15) is 33.4 Å². The summed E-state index contributed by atoms with van der Waals surface area (Å²) in [5, 5.41) is 3.36. The second kappa shape index (κ2) is 6.43. The summed E-state index contributed by atoms with van der Waals surface area (Å²) in [7, 11) is 0. The summed E-state index contributed by atoms with van der Waals surface area (Å²) in [6.07, 6.45) is 1.83. The lowest BCUT2D eigenvalue weighted by Crippen LogP contribution is -2.26. The van der Waals surface area contributed by atoms with Gasteiger partial charge in [-0.2, -0.15) is 0 Å². The molecule has 0 bridgehead atoms. The highest BCUT2D eigenvalue weighted by Crippen LogP contribution is 2.06. The van der Waals surface area contributed by atoms with Gasteiger partial charge in [-0.25, -0.2) is 9.97 Å². The molecule has 1 N–H and O–H groups in total. The number of nitrogens with one attached hydrogen (secondary N) is 1. The van der Waals surface area contributed by atoms with Gasteiger partial charge in [0.1, 0.15) is 0 Å². The average Bonchev–Trinajstić information content (AvgIpc) is 2.29. The van der Waals surface area contributed by atoms with Crippen LogP contribution >= 0.6 is 0 Å². The second-order valence-electron chi connectivity index (χ2n) is 4.06. The van der Waals surface area contributed by atoms with E-state index in [4.69, 9.17) is 0 Å². The maximum Gasteiger partial charge on any atom is 0.225 e. The predicted octanol–water partition coefficient (Wildman–Crippen LogP) is 1.82. The van der Waals surface area contributed by atoms with Gasteiger partial charge in [-0.05, 0) is 19.9 Å². The fourth-order valence-electron chi connectivity index (χ4n) is 1.45. The summed E-state index contributed by atoms with van der Waals surface area (Å²) in [5.74, 6) is 0.827. The van der Waals surface area contributed by atoms with Crippen LogP contribution in [0, 0.1) is 0 Å². The first-order chi connectivity index (χ1) is 7.67. The van der Waals surface area contributed by atoms with Crippen molar-refractivity contribution in [2.24, 2.45) is 0 Å². The molecule has 1 aromatic heterocycles. The standard InChI is InChI=1S/C12H22N4/c1-5-16(6-2)12-13-8-7-11(15-12)9-14-10(3)4/h7-8,10,14H,5-6,9H2,1-4H3. The fraction of sp³-hybridized carbons (Fsp3) is 0.667. The number of hydrogen-bond acceptors (Lipinski definition) is 4. The van der Waals surface area contributed by atoms with Crippen LogP contribution in [0.4, 0.5) is 5.95 Å². The van der Waals surface area contributed by atoms with Gasteiger partial charge in [-0.15, -0.1) is 0 Å². The van der Waals surface area contributed by atoms with Gasteiger partial charge in [0, 0.05) is 31.9 Å². The van der Waals surface area contributed by atoms with Crippen molar-refractivity contribution in [2.45, 2.75) is 40.3 Å². The normalized spacial score (nSPS) is 10.8. The van der Waals surface area contributed by atoms with E-state index in [1.807, 2.05) is 12.3 Å². The number of hydrogen-bond donors (Lipinski definition) is 1. The molecule has 0 aromatic carbocycles. The van der Waals surface area contributed by atoms with Crippen LogP contribution < -0.4 is 10.2 Å². The number of rotatable bonds is 6. The molecule has 4 heteroatoms. The molecule has 0 unspecified atom stereocenters. The molecular formula is C12H22N4. The van der Waals surface area contributed by atoms with Gasteiger partial charge in [0.2, 0.25) is 5.95 Å². The van der Waals surface area contributed by atoms with Crippen molar-refractivity contribution in [1.29, 1.82) is 0 Å². The Balaban J connectivity index is 2.70. The van der Waals surface area contributed by atoms with Crippen molar-refractivity contribution in [3.8, 4) is 0 Å². The first-order valence-electron chi connectivity index (χ1n) is 5.97. The van der Waals surface area contributed by atoms with E-state index in [-0.39, 0.29) is 0 Å². The number of anilines is 1. The van der Waals surface area contributed by atoms with Crippen LogP contribution in [-0.2, 0) is 6.54 Å². The van der Waals surface area contributed by atoms with E-state index in [0.717, 1.165) is 31.3 Å². The lowest BCUT2D eigenvalue weighted by molar-refractivity contribution is 0.580. The molecule has 1 rings (SSSR count). The van der Waals surface area contributed by atoms with Crippen LogP contribution in [0.15, 0.2) is 12.3 Å². The van der Waals surface area contributed by atoms with E-state index in [9.17, 15) is 0 Å². The third kappa shape index (κ3) is 3.77. The number of nitrogens with zero attached hydrogens (tertiary/aromatic N) is 3. The van der Waals surface area contributed by atoms with Crippen molar-refractivity contribution in [3.63, 3.8) is 0 Å². The minimum Gasteiger partial charge on any atom is -0.341 e. The van der Waals surface area contributed by atoms with Crippen molar-refractivity contribution in [3.05, 3.63) is 18.0 Å². The summed E-state index contributed by atoms with van der Waals surface area (Å²) in [6.45, 7) is 11.2. The maximum absolute atomic E-state index is 4.54. The summed E-state index contributed by atoms with van der Waals surface area (Å²) in [6, 6.07) is 2.44. The summed E-state index contributed by atoms with van der Waals surface area (Å²) < 4.78 is 0. The van der Waals surface area contributed by atoms with Crippen LogP contribution in [0.3, 0.4) is 0 Å². The zero-order chi connectivity index (χ0) is 12.0. The van der Waals surface area contributed by atoms with E-state index in [1.54, 1.807) is 0 Å². The lowest BCUT2D eigenvalue weighted by Gasteiger charge is -2.18. The zero-order valence-corrected chi connectivity index (χ0v) is 10.7. The molecule has 90 valence electrons. The van der Waals surface area contributed by atoms with Crippen molar-refractivity contribution < 1.29 is 0 Å². The molecule has 0 aliphatic heterocycles. The zero-order valence-electron chi connectivity index (χ0n) is 10.7. The first-order valence-corrected chi connectivity index (χ1v) is 5.97. The van der Waals surface area contributed by atoms with Crippen LogP contribution in [0.25, 0.3) is 0 Å². The summed E-state index contributed by atoms with van der Waals surface area (Å²) in [4.78, 5) is 11.0. The first kappa shape index (κ1) is 12.9. The van der Waals surface area contributed by atoms with Crippen LogP contribution in [0.2, 0.25) is 0 Å². The molecule has 0 spiro atoms. The van der Waals surface area contributed by atoms with Gasteiger partial charge in [-0.3, -0.25) is 0 Å². The van der Waals surface area contributed by atoms with E-state index >= 15 is 0 Å². The molecular weight excluding hydrogens is 200 g/mol. The topological polar surface area (TPSA) is 41.1 Å². The molecule has 0 aliphatic carbocycles. The highest BCUT2D eigenvalue weighted by molar-refractivity contribution is 5.29. The van der Waals surface area contributed by atoms with E-state index in [1.165, 1.54) is 0 Å². The Morgan fingerprint density at radius 3 is 2.56 bits per heavy atom. The van der Waals surface area contributed by atoms with E-state index in [2.05, 4.69) is 47.9 Å². The molecule has 0 fully saturated rings. The molecule has 4 nitrogen and oxygen atoms in total. The molecule has 0 radical (unpaired) electrons. The predicted molar refractivity (Wildman–Crippen MR) is 67.6 cm³/mol. The Morgan fingerprint density at radius 2 is 2.00 bits per heavy atom. The summed E-state index contributed by atoms with van der Waals surface area (Å²) >= 11 is 0. The lowest BCUT2D eigenvalue weighted by atomic mass is 10.3. The Kier molecular flexibility index (Phi) is 5.19. The maximum atomic E-state index is 4.54. The Bertz CT molecular complexity index is 308. The van der Waals surface area contributed by atoms with Gasteiger partial charge in [-0.1, -0.05) is 13.8 Å². The molecule has 16 heavy (non-hydrogen) atoms. The minimum atomic E-state index is 0.479. The molecule has 0 saturated carbocycles. The average molecular weight is 222 g/mol. The second-order valence-corrected chi connectivity index (χ2v) is 4.06. The summed E-state index contributed by atoms with van der Waals surface area (Å²) in [5.41, 5.74) is 1.05. The minimum absolute atomic E-state index is 0.479. The van der Waals surface area contributed by atoms with E-state index in [0.29, 0.717) is 6.04 Å². The fourth-order valence-corrected chi connectivity index (χ4v) is 1.45. The van der Waals surface area contributed by atoms with Crippen LogP contribution in [-0.4, -0.2) is 29.1 Å². The monoisotopic (exact) mass is 222 g/mol. The molecule has 1 heterocycles. The molecule has 1 aromatic rings. The Hall–Kier alpha value is -1.16. The SMILES string of the molecule is CCN(CC)c1nccc(CNC(C)C)n1. The van der Waals surface area contributed by atoms with E-state index < -0.39 is 0 Å². The van der Waals surface area contributed by atoms with Gasteiger partial charge < -0.3 is 10.2 Å². The molecule has 0 atom stereocenters. The molecule has 0 amide bonds. The third-order valence-electron chi connectivity index (χ3n) is 2.44. The highest BCUT2D eigenvalue weighted by Gasteiger charge is 2.05. The van der Waals surface area contributed by atoms with Gasteiger partial charge >= 0.3 is 0 Å². The molecule has 0 aliphatic rings. The Labute approximate surface area is 98.1 Å². The Morgan fingerprint density at radius 1 is 1.31 bits per heavy atom. The van der Waals surface area contributed by atoms with Crippen molar-refractivity contribution in [2.75, 3.05) is 18.0 Å². The van der Waals surface area contributed by atoms with Crippen molar-refractivity contribution in [1.82, 2.24) is 15.3 Å². The van der Waals surface area contributed by atoms with Gasteiger partial charge in [0.15, 0.2) is 0 Å². The van der Waals surface area contributed by atoms with Crippen molar-refractivity contribution >= 4 is 5.95 Å². The smallest absolute Gasteiger partial charge is 0.225 e. The quantitative estimate of drug-likeness (QED) is 0.797.